The molecule has 2 atom stereocenters. The number of carbonyl (C=O) groups excluding carboxylic acids is 2. The molecule has 0 radical (unpaired) electrons. The molecule has 2 unspecified atom stereocenters. The summed E-state index contributed by atoms with van der Waals surface area (Å²) in [6.45, 7) is 2.28. The molecule has 2 heterocycles. The Morgan fingerprint density at radius 2 is 1.80 bits per heavy atom. The summed E-state index contributed by atoms with van der Waals surface area (Å²) in [5.41, 5.74) is 0.989. The van der Waals surface area contributed by atoms with Gasteiger partial charge in [0.05, 0.1) is 6.42 Å². The fourth-order valence-electron chi connectivity index (χ4n) is 3.95. The monoisotopic (exact) mass is 339 g/mol. The number of carbonyl (C=O) groups is 2. The highest BCUT2D eigenvalue weighted by atomic mass is 16.6. The zero-order valence-corrected chi connectivity index (χ0v) is 14.7. The second-order valence-electron chi connectivity index (χ2n) is 6.85. The number of amides is 1. The fourth-order valence-corrected chi connectivity index (χ4v) is 3.95. The van der Waals surface area contributed by atoms with Gasteiger partial charge in [0.15, 0.2) is 0 Å². The van der Waals surface area contributed by atoms with Crippen LogP contribution in [0, 0.1) is 17.8 Å². The number of nitrogens with zero attached hydrogens (tertiary/aromatic N) is 1. The van der Waals surface area contributed by atoms with Gasteiger partial charge >= 0.3 is 6.09 Å². The predicted octanol–water partition coefficient (Wildman–Crippen LogP) is 3.94. The van der Waals surface area contributed by atoms with E-state index in [0.717, 1.165) is 37.7 Å². The lowest BCUT2D eigenvalue weighted by Gasteiger charge is -2.37. The van der Waals surface area contributed by atoms with Crippen molar-refractivity contribution in [2.75, 3.05) is 0 Å². The number of benzene rings is 1. The van der Waals surface area contributed by atoms with Gasteiger partial charge in [-0.25, -0.2) is 4.79 Å². The van der Waals surface area contributed by atoms with Gasteiger partial charge in [-0.05, 0) is 31.2 Å². The number of hydrogen-bond donors (Lipinski definition) is 0. The summed E-state index contributed by atoms with van der Waals surface area (Å²) >= 11 is 0. The smallest absolute Gasteiger partial charge is 0.410 e. The van der Waals surface area contributed by atoms with Crippen molar-refractivity contribution >= 4 is 11.9 Å². The number of fused-ring (bicyclic) bond motifs is 2. The van der Waals surface area contributed by atoms with Gasteiger partial charge in [-0.2, -0.15) is 0 Å². The van der Waals surface area contributed by atoms with Crippen LogP contribution < -0.4 is 0 Å². The van der Waals surface area contributed by atoms with Gasteiger partial charge in [0.2, 0.25) is 0 Å². The first-order valence-corrected chi connectivity index (χ1v) is 9.16. The molecule has 0 saturated carbocycles. The van der Waals surface area contributed by atoms with Crippen LogP contribution in [0.1, 0.15) is 51.0 Å². The average Bonchev–Trinajstić information content (AvgIpc) is 2.90. The molecule has 3 rings (SSSR count). The predicted molar refractivity (Wildman–Crippen MR) is 95.7 cm³/mol. The molecule has 0 aliphatic carbocycles. The Labute approximate surface area is 149 Å². The zero-order chi connectivity index (χ0) is 17.6. The number of piperidine rings is 1. The SMILES string of the molecule is CCC#CCC(=O)C1CC2CCC(C1)N2C(=O)OCc1ccccc1. The molecule has 2 bridgehead atoms. The van der Waals surface area contributed by atoms with Crippen LogP contribution in [0.2, 0.25) is 0 Å². The lowest BCUT2D eigenvalue weighted by molar-refractivity contribution is -0.124. The number of rotatable bonds is 4. The van der Waals surface area contributed by atoms with E-state index in [0.29, 0.717) is 13.0 Å². The molecule has 1 aromatic carbocycles. The number of Topliss-reactive ketones (excluding diaryl/α,β-unsaturated/α-hetero) is 1. The molecule has 132 valence electrons. The zero-order valence-electron chi connectivity index (χ0n) is 14.7. The van der Waals surface area contributed by atoms with Crippen molar-refractivity contribution in [1.29, 1.82) is 0 Å². The van der Waals surface area contributed by atoms with E-state index in [1.54, 1.807) is 0 Å². The Balaban J connectivity index is 1.55. The van der Waals surface area contributed by atoms with Crippen molar-refractivity contribution in [3.63, 3.8) is 0 Å². The van der Waals surface area contributed by atoms with Crippen molar-refractivity contribution in [3.8, 4) is 11.8 Å². The molecular formula is C21H25NO3. The minimum atomic E-state index is -0.243. The third-order valence-electron chi connectivity index (χ3n) is 5.17. The lowest BCUT2D eigenvalue weighted by Crippen LogP contribution is -2.48. The number of hydrogen-bond acceptors (Lipinski definition) is 3. The molecule has 0 spiro atoms. The number of ketones is 1. The fraction of sp³-hybridized carbons (Fsp3) is 0.524. The van der Waals surface area contributed by atoms with Crippen LogP contribution in [0.25, 0.3) is 0 Å². The Bertz CT molecular complexity index is 659. The van der Waals surface area contributed by atoms with E-state index >= 15 is 0 Å². The van der Waals surface area contributed by atoms with E-state index in [1.165, 1.54) is 0 Å². The van der Waals surface area contributed by atoms with E-state index in [9.17, 15) is 9.59 Å². The molecule has 1 amide bonds. The van der Waals surface area contributed by atoms with Crippen molar-refractivity contribution in [3.05, 3.63) is 35.9 Å². The van der Waals surface area contributed by atoms with Gasteiger partial charge in [0.25, 0.3) is 0 Å². The highest BCUT2D eigenvalue weighted by molar-refractivity contribution is 5.84. The minimum absolute atomic E-state index is 0.0434. The van der Waals surface area contributed by atoms with E-state index in [4.69, 9.17) is 4.74 Å². The van der Waals surface area contributed by atoms with Crippen molar-refractivity contribution < 1.29 is 14.3 Å². The summed E-state index contributed by atoms with van der Waals surface area (Å²) in [5.74, 6) is 6.19. The average molecular weight is 339 g/mol. The highest BCUT2D eigenvalue weighted by Crippen LogP contribution is 2.39. The van der Waals surface area contributed by atoms with Crippen molar-refractivity contribution in [2.45, 2.75) is 64.1 Å². The van der Waals surface area contributed by atoms with Crippen LogP contribution in [0.4, 0.5) is 4.79 Å². The van der Waals surface area contributed by atoms with Crippen LogP contribution in [-0.4, -0.2) is 28.9 Å². The Kier molecular flexibility index (Phi) is 5.75. The Hall–Kier alpha value is -2.28. The molecular weight excluding hydrogens is 314 g/mol. The van der Waals surface area contributed by atoms with Gasteiger partial charge in [-0.1, -0.05) is 43.2 Å². The molecule has 0 N–H and O–H groups in total. The largest absolute Gasteiger partial charge is 0.445 e. The highest BCUT2D eigenvalue weighted by Gasteiger charge is 2.45. The first kappa shape index (κ1) is 17.5. The molecule has 2 fully saturated rings. The summed E-state index contributed by atoms with van der Waals surface area (Å²) < 4.78 is 5.50. The van der Waals surface area contributed by atoms with E-state index in [1.807, 2.05) is 42.2 Å². The van der Waals surface area contributed by atoms with Gasteiger partial charge in [-0.15, -0.1) is 5.92 Å². The van der Waals surface area contributed by atoms with Crippen LogP contribution in [0.15, 0.2) is 30.3 Å². The molecule has 0 aromatic heterocycles. The summed E-state index contributed by atoms with van der Waals surface area (Å²) in [6, 6.07) is 9.98. The van der Waals surface area contributed by atoms with Crippen molar-refractivity contribution in [2.24, 2.45) is 5.92 Å². The summed E-state index contributed by atoms with van der Waals surface area (Å²) in [4.78, 5) is 26.7. The molecule has 1 aromatic rings. The first-order valence-electron chi connectivity index (χ1n) is 9.16. The maximum Gasteiger partial charge on any atom is 0.410 e. The normalized spacial score (nSPS) is 24.4. The van der Waals surface area contributed by atoms with E-state index < -0.39 is 0 Å². The van der Waals surface area contributed by atoms with E-state index in [2.05, 4.69) is 11.8 Å². The summed E-state index contributed by atoms with van der Waals surface area (Å²) in [5, 5.41) is 0. The van der Waals surface area contributed by atoms with Gasteiger partial charge < -0.3 is 9.64 Å². The summed E-state index contributed by atoms with van der Waals surface area (Å²) in [7, 11) is 0. The molecule has 2 saturated heterocycles. The minimum Gasteiger partial charge on any atom is -0.445 e. The second kappa shape index (κ2) is 8.20. The van der Waals surface area contributed by atoms with E-state index in [-0.39, 0.29) is 29.9 Å². The standard InChI is InChI=1S/C21H25NO3/c1-2-3-5-10-20(23)17-13-18-11-12-19(14-17)22(18)21(24)25-15-16-8-6-4-7-9-16/h4,6-9,17-19H,2,10-15H2,1H3. The Morgan fingerprint density at radius 1 is 1.12 bits per heavy atom. The third-order valence-corrected chi connectivity index (χ3v) is 5.17. The van der Waals surface area contributed by atoms with Crippen LogP contribution in [0.3, 0.4) is 0 Å². The Morgan fingerprint density at radius 3 is 2.44 bits per heavy atom. The molecule has 25 heavy (non-hydrogen) atoms. The molecule has 2 aliphatic rings. The molecule has 4 nitrogen and oxygen atoms in total. The van der Waals surface area contributed by atoms with Gasteiger partial charge in [-0.3, -0.25) is 4.79 Å². The second-order valence-corrected chi connectivity index (χ2v) is 6.85. The van der Waals surface area contributed by atoms with Crippen LogP contribution in [-0.2, 0) is 16.1 Å². The van der Waals surface area contributed by atoms with Crippen LogP contribution in [0.5, 0.6) is 0 Å². The quantitative estimate of drug-likeness (QED) is 0.781. The lowest BCUT2D eigenvalue weighted by atomic mass is 9.86. The summed E-state index contributed by atoms with van der Waals surface area (Å²) in [6.07, 6.45) is 4.33. The topological polar surface area (TPSA) is 46.6 Å². The maximum absolute atomic E-state index is 12.5. The molecule has 4 heteroatoms. The third kappa shape index (κ3) is 4.22. The van der Waals surface area contributed by atoms with Crippen LogP contribution >= 0.6 is 0 Å². The first-order chi connectivity index (χ1) is 12.2. The molecule has 2 aliphatic heterocycles. The maximum atomic E-state index is 12.5. The van der Waals surface area contributed by atoms with Gasteiger partial charge in [0, 0.05) is 24.4 Å². The number of ether oxygens (including phenoxy) is 1. The van der Waals surface area contributed by atoms with Gasteiger partial charge in [0.1, 0.15) is 12.4 Å². The van der Waals surface area contributed by atoms with Crippen molar-refractivity contribution in [1.82, 2.24) is 4.90 Å².